The van der Waals surface area contributed by atoms with Gasteiger partial charge in [-0.3, -0.25) is 4.99 Å². The first kappa shape index (κ1) is 18.4. The number of guanidine groups is 1. The van der Waals surface area contributed by atoms with Crippen LogP contribution in [0.5, 0.6) is 0 Å². The van der Waals surface area contributed by atoms with Crippen molar-refractivity contribution in [1.82, 2.24) is 15.2 Å². The molecule has 2 aromatic rings. The van der Waals surface area contributed by atoms with E-state index in [0.717, 1.165) is 62.5 Å². The van der Waals surface area contributed by atoms with Gasteiger partial charge >= 0.3 is 0 Å². The Bertz CT molecular complexity index is 767. The van der Waals surface area contributed by atoms with E-state index in [1.54, 1.807) is 11.3 Å². The summed E-state index contributed by atoms with van der Waals surface area (Å²) < 4.78 is 5.65. The number of likely N-dealkylation sites (tertiary alicyclic amines) is 1. The number of ether oxygens (including phenoxy) is 1. The van der Waals surface area contributed by atoms with Crippen LogP contribution in [0.2, 0.25) is 0 Å². The van der Waals surface area contributed by atoms with Crippen LogP contribution in [0.4, 0.5) is 0 Å². The maximum atomic E-state index is 5.65. The molecule has 0 radical (unpaired) electrons. The summed E-state index contributed by atoms with van der Waals surface area (Å²) >= 11 is 1.71. The summed E-state index contributed by atoms with van der Waals surface area (Å²) in [5.41, 5.74) is 2.67. The molecular formula is C21H28N4OS. The van der Waals surface area contributed by atoms with Gasteiger partial charge in [-0.15, -0.1) is 11.3 Å². The molecule has 1 spiro atoms. The van der Waals surface area contributed by atoms with Gasteiger partial charge in [0, 0.05) is 55.6 Å². The molecule has 0 aliphatic carbocycles. The van der Waals surface area contributed by atoms with E-state index in [0.29, 0.717) is 5.41 Å². The lowest BCUT2D eigenvalue weighted by molar-refractivity contribution is 0.156. The Morgan fingerprint density at radius 2 is 2.22 bits per heavy atom. The highest BCUT2D eigenvalue weighted by molar-refractivity contribution is 7.13. The Balaban J connectivity index is 1.36. The Kier molecular flexibility index (Phi) is 5.74. The van der Waals surface area contributed by atoms with Gasteiger partial charge in [-0.25, -0.2) is 4.98 Å². The first-order valence-corrected chi connectivity index (χ1v) is 10.8. The van der Waals surface area contributed by atoms with Crippen LogP contribution in [0.15, 0.2) is 40.7 Å². The standard InChI is InChI=1S/C21H28N4OS/c1-2-22-20(25-12-9-21(15-25)10-13-26-16-21)23-11-8-18-14-27-19(24-18)17-6-4-3-5-7-17/h3-7,14H,2,8-13,15-16H2,1H3,(H,22,23). The van der Waals surface area contributed by atoms with E-state index >= 15 is 0 Å². The van der Waals surface area contributed by atoms with Crippen molar-refractivity contribution in [2.45, 2.75) is 26.2 Å². The number of benzene rings is 1. The van der Waals surface area contributed by atoms with Crippen LogP contribution in [0.25, 0.3) is 10.6 Å². The molecule has 2 saturated heterocycles. The Labute approximate surface area is 165 Å². The van der Waals surface area contributed by atoms with Gasteiger partial charge in [0.2, 0.25) is 0 Å². The first-order valence-electron chi connectivity index (χ1n) is 9.89. The molecule has 0 bridgehead atoms. The van der Waals surface area contributed by atoms with Gasteiger partial charge in [-0.1, -0.05) is 30.3 Å². The molecule has 1 atom stereocenters. The minimum atomic E-state index is 0.357. The quantitative estimate of drug-likeness (QED) is 0.634. The predicted molar refractivity (Wildman–Crippen MR) is 111 cm³/mol. The van der Waals surface area contributed by atoms with Crippen molar-refractivity contribution in [1.29, 1.82) is 0 Å². The van der Waals surface area contributed by atoms with Crippen LogP contribution in [-0.2, 0) is 11.2 Å². The topological polar surface area (TPSA) is 49.8 Å². The molecule has 3 heterocycles. The van der Waals surface area contributed by atoms with Crippen LogP contribution < -0.4 is 5.32 Å². The smallest absolute Gasteiger partial charge is 0.193 e. The number of hydrogen-bond donors (Lipinski definition) is 1. The number of rotatable bonds is 5. The lowest BCUT2D eigenvalue weighted by Gasteiger charge is -2.24. The van der Waals surface area contributed by atoms with E-state index in [4.69, 9.17) is 14.7 Å². The number of thiazole rings is 1. The molecule has 4 rings (SSSR count). The fraction of sp³-hybridized carbons (Fsp3) is 0.524. The number of aromatic nitrogens is 1. The number of nitrogens with zero attached hydrogens (tertiary/aromatic N) is 3. The largest absolute Gasteiger partial charge is 0.381 e. The average Bonchev–Trinajstić information content (AvgIpc) is 3.44. The molecule has 0 amide bonds. The molecule has 2 aliphatic heterocycles. The van der Waals surface area contributed by atoms with Crippen LogP contribution in [-0.4, -0.2) is 55.2 Å². The first-order chi connectivity index (χ1) is 13.3. The van der Waals surface area contributed by atoms with Gasteiger partial charge in [0.05, 0.1) is 12.3 Å². The van der Waals surface area contributed by atoms with E-state index in [9.17, 15) is 0 Å². The summed E-state index contributed by atoms with van der Waals surface area (Å²) in [7, 11) is 0. The van der Waals surface area contributed by atoms with Gasteiger partial charge < -0.3 is 15.0 Å². The number of hydrogen-bond acceptors (Lipinski definition) is 4. The lowest BCUT2D eigenvalue weighted by atomic mass is 9.87. The third-order valence-electron chi connectivity index (χ3n) is 5.46. The fourth-order valence-corrected chi connectivity index (χ4v) is 4.78. The van der Waals surface area contributed by atoms with Crippen molar-refractivity contribution in [2.24, 2.45) is 10.4 Å². The zero-order chi connectivity index (χ0) is 18.5. The molecule has 2 fully saturated rings. The Morgan fingerprint density at radius 3 is 3.00 bits per heavy atom. The Morgan fingerprint density at radius 1 is 1.33 bits per heavy atom. The summed E-state index contributed by atoms with van der Waals surface area (Å²) in [5.74, 6) is 1.04. The van der Waals surface area contributed by atoms with E-state index < -0.39 is 0 Å². The molecule has 2 aliphatic rings. The Hall–Kier alpha value is -1.92. The van der Waals surface area contributed by atoms with Crippen LogP contribution in [0.1, 0.15) is 25.5 Å². The van der Waals surface area contributed by atoms with E-state index in [1.807, 2.05) is 6.07 Å². The van der Waals surface area contributed by atoms with Crippen molar-refractivity contribution < 1.29 is 4.74 Å². The third kappa shape index (κ3) is 4.33. The molecule has 27 heavy (non-hydrogen) atoms. The number of nitrogens with one attached hydrogen (secondary N) is 1. The van der Waals surface area contributed by atoms with Gasteiger partial charge in [-0.2, -0.15) is 0 Å². The second kappa shape index (κ2) is 8.40. The summed E-state index contributed by atoms with van der Waals surface area (Å²) in [6, 6.07) is 10.4. The number of aliphatic imine (C=N–C) groups is 1. The summed E-state index contributed by atoms with van der Waals surface area (Å²) in [4.78, 5) is 12.1. The van der Waals surface area contributed by atoms with Crippen molar-refractivity contribution in [3.8, 4) is 10.6 Å². The second-order valence-electron chi connectivity index (χ2n) is 7.47. The van der Waals surface area contributed by atoms with Crippen LogP contribution in [0.3, 0.4) is 0 Å². The highest BCUT2D eigenvalue weighted by atomic mass is 32.1. The van der Waals surface area contributed by atoms with Gasteiger partial charge in [-0.05, 0) is 19.8 Å². The fourth-order valence-electron chi connectivity index (χ4n) is 3.92. The van der Waals surface area contributed by atoms with Crippen LogP contribution >= 0.6 is 11.3 Å². The van der Waals surface area contributed by atoms with E-state index in [2.05, 4.69) is 46.8 Å². The second-order valence-corrected chi connectivity index (χ2v) is 8.33. The monoisotopic (exact) mass is 384 g/mol. The van der Waals surface area contributed by atoms with Crippen molar-refractivity contribution in [3.05, 3.63) is 41.4 Å². The van der Waals surface area contributed by atoms with E-state index in [-0.39, 0.29) is 0 Å². The highest BCUT2D eigenvalue weighted by Crippen LogP contribution is 2.38. The third-order valence-corrected chi connectivity index (χ3v) is 6.40. The van der Waals surface area contributed by atoms with Gasteiger partial charge in [0.15, 0.2) is 5.96 Å². The zero-order valence-corrected chi connectivity index (χ0v) is 16.8. The van der Waals surface area contributed by atoms with Gasteiger partial charge in [0.1, 0.15) is 5.01 Å². The van der Waals surface area contributed by atoms with E-state index in [1.165, 1.54) is 18.4 Å². The molecule has 1 N–H and O–H groups in total. The molecule has 6 heteroatoms. The maximum Gasteiger partial charge on any atom is 0.193 e. The predicted octanol–water partition coefficient (Wildman–Crippen LogP) is 3.43. The summed E-state index contributed by atoms with van der Waals surface area (Å²) in [6.07, 6.45) is 3.27. The minimum Gasteiger partial charge on any atom is -0.381 e. The van der Waals surface area contributed by atoms with Gasteiger partial charge in [0.25, 0.3) is 0 Å². The molecule has 0 saturated carbocycles. The molecule has 5 nitrogen and oxygen atoms in total. The molecule has 1 aromatic heterocycles. The summed E-state index contributed by atoms with van der Waals surface area (Å²) in [5, 5.41) is 6.71. The normalized spacial score (nSPS) is 22.7. The molecule has 1 aromatic carbocycles. The maximum absolute atomic E-state index is 5.65. The highest BCUT2D eigenvalue weighted by Gasteiger charge is 2.42. The van der Waals surface area contributed by atoms with Crippen molar-refractivity contribution in [2.75, 3.05) is 39.4 Å². The molecule has 1 unspecified atom stereocenters. The average molecular weight is 385 g/mol. The summed E-state index contributed by atoms with van der Waals surface area (Å²) in [6.45, 7) is 7.75. The van der Waals surface area contributed by atoms with Crippen molar-refractivity contribution in [3.63, 3.8) is 0 Å². The molecule has 144 valence electrons. The van der Waals surface area contributed by atoms with Crippen molar-refractivity contribution >= 4 is 17.3 Å². The molecular weight excluding hydrogens is 356 g/mol. The zero-order valence-electron chi connectivity index (χ0n) is 16.0. The minimum absolute atomic E-state index is 0.357. The van der Waals surface area contributed by atoms with Crippen LogP contribution in [0, 0.1) is 5.41 Å². The lowest BCUT2D eigenvalue weighted by Crippen LogP contribution is -2.41. The SMILES string of the molecule is CCNC(=NCCc1csc(-c2ccccc2)n1)N1CCC2(CCOC2)C1.